The first-order valence-corrected chi connectivity index (χ1v) is 7.70. The highest BCUT2D eigenvalue weighted by Crippen LogP contribution is 2.40. The van der Waals surface area contributed by atoms with Gasteiger partial charge in [0.15, 0.2) is 5.82 Å². The van der Waals surface area contributed by atoms with Gasteiger partial charge in [0.2, 0.25) is 0 Å². The second kappa shape index (κ2) is 5.36. The zero-order valence-corrected chi connectivity index (χ0v) is 12.3. The zero-order chi connectivity index (χ0) is 13.3. The van der Waals surface area contributed by atoms with Gasteiger partial charge in [-0.05, 0) is 23.7 Å². The Hall–Kier alpha value is -0.950. The molecule has 0 bridgehead atoms. The Bertz CT molecular complexity index is 449. The van der Waals surface area contributed by atoms with Crippen molar-refractivity contribution in [1.82, 2.24) is 4.37 Å². The molecule has 1 fully saturated rings. The summed E-state index contributed by atoms with van der Waals surface area (Å²) >= 11 is 3.00. The molecule has 2 unspecified atom stereocenters. The van der Waals surface area contributed by atoms with Crippen LogP contribution >= 0.6 is 23.3 Å². The number of rotatable bonds is 3. The summed E-state index contributed by atoms with van der Waals surface area (Å²) < 4.78 is 9.03. The van der Waals surface area contributed by atoms with Crippen LogP contribution in [0.3, 0.4) is 0 Å². The maximum Gasteiger partial charge on any atom is 0.310 e. The van der Waals surface area contributed by atoms with E-state index in [1.807, 2.05) is 6.26 Å². The number of nitrogens with zero attached hydrogens (tertiary/aromatic N) is 2. The molecule has 5 nitrogen and oxygen atoms in total. The number of nitrogens with two attached hydrogens (primary N) is 1. The molecule has 1 aliphatic heterocycles. The van der Waals surface area contributed by atoms with Crippen LogP contribution in [0.1, 0.15) is 6.92 Å². The number of thioether (sulfide) groups is 1. The van der Waals surface area contributed by atoms with E-state index in [0.29, 0.717) is 12.4 Å². The van der Waals surface area contributed by atoms with Gasteiger partial charge in [0.25, 0.3) is 0 Å². The lowest BCUT2D eigenvalue weighted by Crippen LogP contribution is -2.24. The molecule has 1 aliphatic rings. The van der Waals surface area contributed by atoms with Gasteiger partial charge in [-0.2, -0.15) is 4.37 Å². The Balaban J connectivity index is 2.19. The Morgan fingerprint density at radius 3 is 2.94 bits per heavy atom. The number of anilines is 2. The van der Waals surface area contributed by atoms with E-state index in [9.17, 15) is 4.79 Å². The van der Waals surface area contributed by atoms with Gasteiger partial charge in [-0.1, -0.05) is 6.92 Å². The van der Waals surface area contributed by atoms with E-state index in [1.165, 1.54) is 18.6 Å². The summed E-state index contributed by atoms with van der Waals surface area (Å²) in [5.74, 6) is 0.674. The van der Waals surface area contributed by atoms with Crippen LogP contribution in [0.5, 0.6) is 0 Å². The van der Waals surface area contributed by atoms with Crippen molar-refractivity contribution < 1.29 is 9.53 Å². The van der Waals surface area contributed by atoms with Crippen LogP contribution < -0.4 is 10.6 Å². The highest BCUT2D eigenvalue weighted by molar-refractivity contribution is 7.99. The van der Waals surface area contributed by atoms with Gasteiger partial charge in [0, 0.05) is 13.1 Å². The molecule has 18 heavy (non-hydrogen) atoms. The van der Waals surface area contributed by atoms with Crippen LogP contribution in [-0.4, -0.2) is 36.8 Å². The Kier molecular flexibility index (Phi) is 4.01. The van der Waals surface area contributed by atoms with Crippen molar-refractivity contribution in [3.8, 4) is 0 Å². The topological polar surface area (TPSA) is 68.5 Å². The molecule has 2 N–H and O–H groups in total. The Morgan fingerprint density at radius 2 is 2.33 bits per heavy atom. The third-order valence-electron chi connectivity index (χ3n) is 3.26. The number of aromatic nitrogens is 1. The lowest BCUT2D eigenvalue weighted by molar-refractivity contribution is -0.145. The van der Waals surface area contributed by atoms with Gasteiger partial charge in [0.1, 0.15) is 5.00 Å². The lowest BCUT2D eigenvalue weighted by Gasteiger charge is -2.16. The number of methoxy groups -OCH3 is 1. The molecule has 0 spiro atoms. The van der Waals surface area contributed by atoms with Crippen molar-refractivity contribution in [3.05, 3.63) is 0 Å². The van der Waals surface area contributed by atoms with E-state index in [1.54, 1.807) is 11.8 Å². The summed E-state index contributed by atoms with van der Waals surface area (Å²) in [6, 6.07) is 0. The minimum Gasteiger partial charge on any atom is -0.469 e. The van der Waals surface area contributed by atoms with Crippen LogP contribution in [0.4, 0.5) is 10.8 Å². The predicted octanol–water partition coefficient (Wildman–Crippen LogP) is 1.69. The summed E-state index contributed by atoms with van der Waals surface area (Å²) in [5, 5.41) is 1.07. The number of ether oxygens (including phenoxy) is 1. The molecule has 7 heteroatoms. The molecule has 1 saturated heterocycles. The zero-order valence-electron chi connectivity index (χ0n) is 10.7. The Morgan fingerprint density at radius 1 is 1.61 bits per heavy atom. The summed E-state index contributed by atoms with van der Waals surface area (Å²) in [6.07, 6.45) is 1.99. The second-order valence-electron chi connectivity index (χ2n) is 4.42. The molecule has 2 atom stereocenters. The molecular formula is C11H17N3O2S2. The smallest absolute Gasteiger partial charge is 0.310 e. The van der Waals surface area contributed by atoms with E-state index in [4.69, 9.17) is 10.5 Å². The van der Waals surface area contributed by atoms with E-state index in [0.717, 1.165) is 16.4 Å². The number of hydrogen-bond acceptors (Lipinski definition) is 7. The van der Waals surface area contributed by atoms with Gasteiger partial charge >= 0.3 is 5.97 Å². The summed E-state index contributed by atoms with van der Waals surface area (Å²) in [6.45, 7) is 3.60. The maximum absolute atomic E-state index is 11.7. The van der Waals surface area contributed by atoms with Crippen molar-refractivity contribution in [2.75, 3.05) is 37.1 Å². The van der Waals surface area contributed by atoms with Gasteiger partial charge in [-0.15, -0.1) is 11.8 Å². The van der Waals surface area contributed by atoms with E-state index < -0.39 is 0 Å². The van der Waals surface area contributed by atoms with Crippen molar-refractivity contribution >= 4 is 40.1 Å². The summed E-state index contributed by atoms with van der Waals surface area (Å²) in [7, 11) is 1.44. The van der Waals surface area contributed by atoms with Crippen LogP contribution in [0.15, 0.2) is 4.90 Å². The average Bonchev–Trinajstić information content (AvgIpc) is 2.91. The standard InChI is InChI=1S/C11H17N3O2S2/c1-6-4-14(5-7(6)11(15)16-2)10-8(17-3)9(12)13-18-10/h6-7H,4-5H2,1-3H3,(H2,12,13). The van der Waals surface area contributed by atoms with Gasteiger partial charge in [-0.3, -0.25) is 4.79 Å². The summed E-state index contributed by atoms with van der Waals surface area (Å²) in [5.41, 5.74) is 5.83. The van der Waals surface area contributed by atoms with Crippen molar-refractivity contribution in [1.29, 1.82) is 0 Å². The molecule has 0 aliphatic carbocycles. The van der Waals surface area contributed by atoms with E-state index in [-0.39, 0.29) is 17.8 Å². The van der Waals surface area contributed by atoms with E-state index in [2.05, 4.69) is 16.2 Å². The van der Waals surface area contributed by atoms with Gasteiger partial charge in [0.05, 0.1) is 17.9 Å². The number of hydrogen-bond donors (Lipinski definition) is 1. The molecule has 0 aromatic carbocycles. The second-order valence-corrected chi connectivity index (χ2v) is 5.99. The fourth-order valence-electron chi connectivity index (χ4n) is 2.27. The lowest BCUT2D eigenvalue weighted by atomic mass is 9.99. The van der Waals surface area contributed by atoms with Crippen LogP contribution in [0.25, 0.3) is 0 Å². The van der Waals surface area contributed by atoms with Gasteiger partial charge < -0.3 is 15.4 Å². The van der Waals surface area contributed by atoms with Crippen molar-refractivity contribution in [2.24, 2.45) is 11.8 Å². The SMILES string of the molecule is COC(=O)C1CN(c2snc(N)c2SC)CC1C. The normalized spacial score (nSPS) is 23.4. The predicted molar refractivity (Wildman–Crippen MR) is 75.2 cm³/mol. The molecule has 2 heterocycles. The number of nitrogen functional groups attached to an aromatic ring is 1. The van der Waals surface area contributed by atoms with Crippen molar-refractivity contribution in [3.63, 3.8) is 0 Å². The maximum atomic E-state index is 11.7. The molecular weight excluding hydrogens is 270 g/mol. The van der Waals surface area contributed by atoms with Gasteiger partial charge in [-0.25, -0.2) is 0 Å². The Labute approximate surface area is 115 Å². The van der Waals surface area contributed by atoms with Crippen LogP contribution in [0.2, 0.25) is 0 Å². The minimum absolute atomic E-state index is 0.0620. The first-order valence-electron chi connectivity index (χ1n) is 5.70. The van der Waals surface area contributed by atoms with Crippen LogP contribution in [-0.2, 0) is 9.53 Å². The third kappa shape index (κ3) is 2.29. The average molecular weight is 287 g/mol. The highest BCUT2D eigenvalue weighted by atomic mass is 32.2. The molecule has 2 rings (SSSR count). The first-order chi connectivity index (χ1) is 8.58. The number of carbonyl (C=O) groups excluding carboxylic acids is 1. The molecule has 1 aromatic heterocycles. The highest BCUT2D eigenvalue weighted by Gasteiger charge is 2.37. The van der Waals surface area contributed by atoms with Crippen molar-refractivity contribution in [2.45, 2.75) is 11.8 Å². The first kappa shape index (κ1) is 13.5. The fourth-order valence-corrected chi connectivity index (χ4v) is 3.98. The monoisotopic (exact) mass is 287 g/mol. The molecule has 1 aromatic rings. The van der Waals surface area contributed by atoms with E-state index >= 15 is 0 Å². The largest absolute Gasteiger partial charge is 0.469 e. The quantitative estimate of drug-likeness (QED) is 0.674. The molecule has 0 radical (unpaired) electrons. The molecule has 100 valence electrons. The summed E-state index contributed by atoms with van der Waals surface area (Å²) in [4.78, 5) is 14.9. The molecule has 0 saturated carbocycles. The fraction of sp³-hybridized carbons (Fsp3) is 0.636. The van der Waals surface area contributed by atoms with Crippen LogP contribution in [0, 0.1) is 11.8 Å². The third-order valence-corrected chi connectivity index (χ3v) is 5.13. The minimum atomic E-state index is -0.131. The number of esters is 1. The molecule has 0 amide bonds. The number of carbonyl (C=O) groups is 1.